The Balaban J connectivity index is 1.40. The molecule has 2 aromatic rings. The van der Waals surface area contributed by atoms with E-state index in [9.17, 15) is 4.79 Å². The van der Waals surface area contributed by atoms with Crippen LogP contribution < -0.4 is 15.4 Å². The Labute approximate surface area is 129 Å². The van der Waals surface area contributed by atoms with E-state index in [2.05, 4.69) is 10.6 Å². The van der Waals surface area contributed by atoms with Crippen LogP contribution in [0.25, 0.3) is 0 Å². The van der Waals surface area contributed by atoms with Crippen LogP contribution in [0, 0.1) is 0 Å². The molecule has 1 unspecified atom stereocenters. The number of nitrogens with one attached hydrogen (secondary N) is 2. The number of para-hydroxylation sites is 1. The fraction of sp³-hybridized carbons (Fsp3) is 0.353. The molecule has 2 N–H and O–H groups in total. The molecule has 5 heteroatoms. The van der Waals surface area contributed by atoms with Crippen molar-refractivity contribution >= 4 is 6.03 Å². The van der Waals surface area contributed by atoms with E-state index >= 15 is 0 Å². The molecule has 0 spiro atoms. The first kappa shape index (κ1) is 14.5. The molecule has 0 aliphatic heterocycles. The molecule has 0 saturated carbocycles. The SMILES string of the molecule is O=C(NCCOc1ccccc1)NC1CCCc2occc21. The number of rotatable bonds is 5. The predicted molar refractivity (Wildman–Crippen MR) is 82.9 cm³/mol. The fourth-order valence-electron chi connectivity index (χ4n) is 2.70. The number of carbonyl (C=O) groups is 1. The van der Waals surface area contributed by atoms with Crippen LogP contribution >= 0.6 is 0 Å². The highest BCUT2D eigenvalue weighted by molar-refractivity contribution is 5.74. The van der Waals surface area contributed by atoms with Crippen molar-refractivity contribution in [3.63, 3.8) is 0 Å². The van der Waals surface area contributed by atoms with Gasteiger partial charge in [0, 0.05) is 12.0 Å². The summed E-state index contributed by atoms with van der Waals surface area (Å²) in [4.78, 5) is 11.9. The maximum atomic E-state index is 11.9. The van der Waals surface area contributed by atoms with Gasteiger partial charge in [-0.3, -0.25) is 0 Å². The first-order valence-electron chi connectivity index (χ1n) is 7.61. The number of amides is 2. The largest absolute Gasteiger partial charge is 0.492 e. The highest BCUT2D eigenvalue weighted by atomic mass is 16.5. The summed E-state index contributed by atoms with van der Waals surface area (Å²) in [5, 5.41) is 5.81. The van der Waals surface area contributed by atoms with E-state index < -0.39 is 0 Å². The van der Waals surface area contributed by atoms with Crippen molar-refractivity contribution in [2.45, 2.75) is 25.3 Å². The minimum atomic E-state index is -0.171. The molecular formula is C17H20N2O3. The molecule has 0 bridgehead atoms. The molecule has 1 heterocycles. The van der Waals surface area contributed by atoms with Gasteiger partial charge in [-0.2, -0.15) is 0 Å². The van der Waals surface area contributed by atoms with Crippen molar-refractivity contribution in [2.24, 2.45) is 0 Å². The van der Waals surface area contributed by atoms with Gasteiger partial charge in [-0.05, 0) is 31.0 Å². The third-order valence-corrected chi connectivity index (χ3v) is 3.76. The van der Waals surface area contributed by atoms with Gasteiger partial charge in [0.2, 0.25) is 0 Å². The van der Waals surface area contributed by atoms with Crippen LogP contribution in [0.1, 0.15) is 30.2 Å². The molecule has 1 aromatic heterocycles. The van der Waals surface area contributed by atoms with Crippen LogP contribution in [0.3, 0.4) is 0 Å². The van der Waals surface area contributed by atoms with Gasteiger partial charge in [0.25, 0.3) is 0 Å². The van der Waals surface area contributed by atoms with E-state index in [1.807, 2.05) is 36.4 Å². The van der Waals surface area contributed by atoms with E-state index in [1.165, 1.54) is 0 Å². The lowest BCUT2D eigenvalue weighted by molar-refractivity contribution is 0.231. The molecular weight excluding hydrogens is 280 g/mol. The van der Waals surface area contributed by atoms with E-state index in [1.54, 1.807) is 6.26 Å². The number of benzene rings is 1. The van der Waals surface area contributed by atoms with Crippen molar-refractivity contribution in [1.29, 1.82) is 0 Å². The van der Waals surface area contributed by atoms with Gasteiger partial charge in [-0.15, -0.1) is 0 Å². The zero-order valence-electron chi connectivity index (χ0n) is 12.4. The normalized spacial score (nSPS) is 16.6. The van der Waals surface area contributed by atoms with E-state index in [0.29, 0.717) is 13.2 Å². The number of aryl methyl sites for hydroxylation is 1. The molecule has 0 fully saturated rings. The second-order valence-electron chi connectivity index (χ2n) is 5.31. The Morgan fingerprint density at radius 2 is 2.14 bits per heavy atom. The molecule has 1 aliphatic carbocycles. The van der Waals surface area contributed by atoms with Crippen LogP contribution in [0.15, 0.2) is 47.1 Å². The average molecular weight is 300 g/mol. The molecule has 0 radical (unpaired) electrons. The number of carbonyl (C=O) groups excluding carboxylic acids is 1. The number of hydrogen-bond donors (Lipinski definition) is 2. The molecule has 0 saturated heterocycles. The van der Waals surface area contributed by atoms with Crippen molar-refractivity contribution < 1.29 is 13.9 Å². The number of ether oxygens (including phenoxy) is 1. The summed E-state index contributed by atoms with van der Waals surface area (Å²) in [6.07, 6.45) is 4.62. The number of urea groups is 1. The van der Waals surface area contributed by atoms with Crippen LogP contribution in [0.4, 0.5) is 4.79 Å². The third-order valence-electron chi connectivity index (χ3n) is 3.76. The highest BCUT2D eigenvalue weighted by Crippen LogP contribution is 2.30. The van der Waals surface area contributed by atoms with E-state index in [4.69, 9.17) is 9.15 Å². The molecule has 116 valence electrons. The number of furan rings is 1. The van der Waals surface area contributed by atoms with Crippen molar-refractivity contribution in [3.8, 4) is 5.75 Å². The summed E-state index contributed by atoms with van der Waals surface area (Å²) >= 11 is 0. The quantitative estimate of drug-likeness (QED) is 0.834. The maximum Gasteiger partial charge on any atom is 0.315 e. The lowest BCUT2D eigenvalue weighted by atomic mass is 9.93. The minimum absolute atomic E-state index is 0.0394. The zero-order chi connectivity index (χ0) is 15.2. The zero-order valence-corrected chi connectivity index (χ0v) is 12.4. The van der Waals surface area contributed by atoms with Crippen molar-refractivity contribution in [3.05, 3.63) is 54.0 Å². The monoisotopic (exact) mass is 300 g/mol. The van der Waals surface area contributed by atoms with Gasteiger partial charge < -0.3 is 19.8 Å². The van der Waals surface area contributed by atoms with Gasteiger partial charge in [0.1, 0.15) is 18.1 Å². The molecule has 3 rings (SSSR count). The van der Waals surface area contributed by atoms with Crippen molar-refractivity contribution in [1.82, 2.24) is 10.6 Å². The van der Waals surface area contributed by atoms with Crippen molar-refractivity contribution in [2.75, 3.05) is 13.2 Å². The third kappa shape index (κ3) is 3.61. The molecule has 2 amide bonds. The maximum absolute atomic E-state index is 11.9. The Kier molecular flexibility index (Phi) is 4.63. The number of hydrogen-bond acceptors (Lipinski definition) is 3. The van der Waals surface area contributed by atoms with Crippen LogP contribution in [0.5, 0.6) is 5.75 Å². The highest BCUT2D eigenvalue weighted by Gasteiger charge is 2.23. The van der Waals surface area contributed by atoms with E-state index in [0.717, 1.165) is 36.3 Å². The Hall–Kier alpha value is -2.43. The Morgan fingerprint density at radius 1 is 1.27 bits per heavy atom. The summed E-state index contributed by atoms with van der Waals surface area (Å²) in [6, 6.07) is 11.4. The second-order valence-corrected chi connectivity index (χ2v) is 5.31. The summed E-state index contributed by atoms with van der Waals surface area (Å²) in [6.45, 7) is 0.907. The lowest BCUT2D eigenvalue weighted by Gasteiger charge is -2.22. The topological polar surface area (TPSA) is 63.5 Å². The fourth-order valence-corrected chi connectivity index (χ4v) is 2.70. The molecule has 22 heavy (non-hydrogen) atoms. The molecule has 5 nitrogen and oxygen atoms in total. The van der Waals surface area contributed by atoms with Crippen LogP contribution in [-0.4, -0.2) is 19.2 Å². The summed E-state index contributed by atoms with van der Waals surface area (Å²) in [5.41, 5.74) is 1.10. The summed E-state index contributed by atoms with van der Waals surface area (Å²) < 4.78 is 11.0. The molecule has 1 atom stereocenters. The standard InChI is InChI=1S/C17H20N2O3/c20-17(18-10-12-21-13-5-2-1-3-6-13)19-15-7-4-8-16-14(15)9-11-22-16/h1-3,5-6,9,11,15H,4,7-8,10,12H2,(H2,18,19,20). The van der Waals surface area contributed by atoms with Gasteiger partial charge in [0.05, 0.1) is 18.8 Å². The summed E-state index contributed by atoms with van der Waals surface area (Å²) in [7, 11) is 0. The Bertz CT molecular complexity index is 609. The first-order valence-corrected chi connectivity index (χ1v) is 7.61. The summed E-state index contributed by atoms with van der Waals surface area (Å²) in [5.74, 6) is 1.80. The van der Waals surface area contributed by atoms with Gasteiger partial charge >= 0.3 is 6.03 Å². The van der Waals surface area contributed by atoms with Gasteiger partial charge in [0.15, 0.2) is 0 Å². The van der Waals surface area contributed by atoms with Gasteiger partial charge in [-0.1, -0.05) is 18.2 Å². The van der Waals surface area contributed by atoms with Gasteiger partial charge in [-0.25, -0.2) is 4.79 Å². The average Bonchev–Trinajstić information content (AvgIpc) is 3.02. The second kappa shape index (κ2) is 7.02. The van der Waals surface area contributed by atoms with Crippen LogP contribution in [0.2, 0.25) is 0 Å². The Morgan fingerprint density at radius 3 is 3.00 bits per heavy atom. The first-order chi connectivity index (χ1) is 10.8. The van der Waals surface area contributed by atoms with Crippen LogP contribution in [-0.2, 0) is 6.42 Å². The molecule has 1 aromatic carbocycles. The smallest absolute Gasteiger partial charge is 0.315 e. The minimum Gasteiger partial charge on any atom is -0.492 e. The number of fused-ring (bicyclic) bond motifs is 1. The molecule has 1 aliphatic rings. The lowest BCUT2D eigenvalue weighted by Crippen LogP contribution is -2.40. The predicted octanol–water partition coefficient (Wildman–Crippen LogP) is 3.04. The van der Waals surface area contributed by atoms with E-state index in [-0.39, 0.29) is 12.1 Å².